The lowest BCUT2D eigenvalue weighted by Crippen LogP contribution is -2.27. The fourth-order valence-electron chi connectivity index (χ4n) is 2.99. The molecule has 0 unspecified atom stereocenters. The first kappa shape index (κ1) is 17.7. The van der Waals surface area contributed by atoms with Crippen molar-refractivity contribution in [1.82, 2.24) is 19.3 Å². The van der Waals surface area contributed by atoms with Gasteiger partial charge >= 0.3 is 0 Å². The molecule has 0 aliphatic rings. The number of amides is 1. The summed E-state index contributed by atoms with van der Waals surface area (Å²) in [6.07, 6.45) is 2.86. The first-order valence-corrected chi connectivity index (χ1v) is 8.88. The van der Waals surface area contributed by atoms with Crippen LogP contribution in [0.1, 0.15) is 11.1 Å². The van der Waals surface area contributed by atoms with Crippen LogP contribution in [0, 0.1) is 13.8 Å². The second kappa shape index (κ2) is 7.11. The van der Waals surface area contributed by atoms with Crippen LogP contribution in [0.15, 0.2) is 65.8 Å². The molecule has 2 aromatic carbocycles. The molecule has 1 amide bonds. The van der Waals surface area contributed by atoms with E-state index in [9.17, 15) is 9.59 Å². The first-order valence-electron chi connectivity index (χ1n) is 8.88. The minimum Gasteiger partial charge on any atom is -0.325 e. The summed E-state index contributed by atoms with van der Waals surface area (Å²) in [5.41, 5.74) is 3.91. The number of nitrogens with zero attached hydrogens (tertiary/aromatic N) is 4. The highest BCUT2D eigenvalue weighted by atomic mass is 16.2. The number of para-hydroxylation sites is 1. The van der Waals surface area contributed by atoms with E-state index in [1.54, 1.807) is 4.68 Å². The van der Waals surface area contributed by atoms with Gasteiger partial charge in [0.2, 0.25) is 5.91 Å². The van der Waals surface area contributed by atoms with Crippen LogP contribution < -0.4 is 10.9 Å². The zero-order valence-electron chi connectivity index (χ0n) is 15.6. The number of carbonyl (C=O) groups is 1. The SMILES string of the molecule is Cc1ccc(NC(=O)Cn2cnc3c(cnn3-c3ccccc3)c2=O)cc1C. The van der Waals surface area contributed by atoms with Crippen molar-refractivity contribution >= 4 is 22.6 Å². The standard InChI is InChI=1S/C21H19N5O2/c1-14-8-9-16(10-15(14)2)24-19(27)12-25-13-22-20-18(21(25)28)11-23-26(20)17-6-4-3-5-7-17/h3-11,13H,12H2,1-2H3,(H,24,27). The molecule has 0 aliphatic heterocycles. The van der Waals surface area contributed by atoms with Gasteiger partial charge in [0.15, 0.2) is 5.65 Å². The monoisotopic (exact) mass is 373 g/mol. The number of hydrogen-bond acceptors (Lipinski definition) is 4. The second-order valence-corrected chi connectivity index (χ2v) is 6.65. The third kappa shape index (κ3) is 3.29. The minimum atomic E-state index is -0.303. The molecule has 7 nitrogen and oxygen atoms in total. The van der Waals surface area contributed by atoms with Crippen molar-refractivity contribution in [2.24, 2.45) is 0 Å². The van der Waals surface area contributed by atoms with Gasteiger partial charge in [0.1, 0.15) is 18.3 Å². The van der Waals surface area contributed by atoms with Gasteiger partial charge in [-0.1, -0.05) is 24.3 Å². The van der Waals surface area contributed by atoms with Crippen molar-refractivity contribution in [3.63, 3.8) is 0 Å². The number of nitrogens with one attached hydrogen (secondary N) is 1. The maximum atomic E-state index is 12.7. The molecule has 2 heterocycles. The molecule has 0 atom stereocenters. The van der Waals surface area contributed by atoms with Gasteiger partial charge in [-0.2, -0.15) is 5.10 Å². The molecule has 0 bridgehead atoms. The van der Waals surface area contributed by atoms with Crippen LogP contribution in [0.25, 0.3) is 16.7 Å². The fraction of sp³-hybridized carbons (Fsp3) is 0.143. The molecule has 7 heteroatoms. The fourth-order valence-corrected chi connectivity index (χ4v) is 2.99. The van der Waals surface area contributed by atoms with E-state index in [1.807, 2.05) is 62.4 Å². The summed E-state index contributed by atoms with van der Waals surface area (Å²) < 4.78 is 2.89. The number of benzene rings is 2. The third-order valence-corrected chi connectivity index (χ3v) is 4.66. The summed E-state index contributed by atoms with van der Waals surface area (Å²) >= 11 is 0. The highest BCUT2D eigenvalue weighted by molar-refractivity contribution is 5.90. The number of anilines is 1. The summed E-state index contributed by atoms with van der Waals surface area (Å²) in [7, 11) is 0. The Labute approximate surface area is 161 Å². The Bertz CT molecular complexity index is 1220. The van der Waals surface area contributed by atoms with Crippen LogP contribution in [-0.2, 0) is 11.3 Å². The van der Waals surface area contributed by atoms with Gasteiger partial charge in [-0.25, -0.2) is 9.67 Å². The molecule has 0 fully saturated rings. The molecule has 2 aromatic heterocycles. The van der Waals surface area contributed by atoms with Gasteiger partial charge in [0.05, 0.1) is 11.9 Å². The van der Waals surface area contributed by atoms with E-state index < -0.39 is 0 Å². The topological polar surface area (TPSA) is 81.8 Å². The molecule has 0 aliphatic carbocycles. The number of carbonyl (C=O) groups excluding carboxylic acids is 1. The van der Waals surface area contributed by atoms with Gasteiger partial charge in [-0.3, -0.25) is 14.2 Å². The Morgan fingerprint density at radius 2 is 1.86 bits per heavy atom. The van der Waals surface area contributed by atoms with Crippen LogP contribution in [0.2, 0.25) is 0 Å². The maximum Gasteiger partial charge on any atom is 0.264 e. The summed E-state index contributed by atoms with van der Waals surface area (Å²) in [5, 5.41) is 7.46. The van der Waals surface area contributed by atoms with Gasteiger partial charge in [-0.05, 0) is 49.2 Å². The zero-order valence-corrected chi connectivity index (χ0v) is 15.6. The van der Waals surface area contributed by atoms with Crippen LogP contribution in [-0.4, -0.2) is 25.2 Å². The quantitative estimate of drug-likeness (QED) is 0.596. The summed E-state index contributed by atoms with van der Waals surface area (Å²) in [4.78, 5) is 29.5. The van der Waals surface area contributed by atoms with E-state index in [4.69, 9.17) is 0 Å². The number of hydrogen-bond donors (Lipinski definition) is 1. The molecule has 1 N–H and O–H groups in total. The first-order chi connectivity index (χ1) is 13.5. The van der Waals surface area contributed by atoms with Crippen LogP contribution in [0.5, 0.6) is 0 Å². The highest BCUT2D eigenvalue weighted by Crippen LogP contribution is 2.15. The van der Waals surface area contributed by atoms with Crippen molar-refractivity contribution in [2.75, 3.05) is 5.32 Å². The lowest BCUT2D eigenvalue weighted by atomic mass is 10.1. The van der Waals surface area contributed by atoms with E-state index in [2.05, 4.69) is 15.4 Å². The summed E-state index contributed by atoms with van der Waals surface area (Å²) in [6, 6.07) is 15.2. The lowest BCUT2D eigenvalue weighted by Gasteiger charge is -2.09. The summed E-state index contributed by atoms with van der Waals surface area (Å²) in [5.74, 6) is -0.290. The predicted octanol–water partition coefficient (Wildman–Crippen LogP) is 2.84. The Balaban J connectivity index is 1.59. The molecular weight excluding hydrogens is 354 g/mol. The smallest absolute Gasteiger partial charge is 0.264 e. The van der Waals surface area contributed by atoms with E-state index in [0.29, 0.717) is 16.7 Å². The average Bonchev–Trinajstić information content (AvgIpc) is 3.12. The normalized spacial score (nSPS) is 10.9. The maximum absolute atomic E-state index is 12.7. The van der Waals surface area contributed by atoms with Crippen molar-refractivity contribution in [2.45, 2.75) is 20.4 Å². The number of fused-ring (bicyclic) bond motifs is 1. The number of aryl methyl sites for hydroxylation is 2. The third-order valence-electron chi connectivity index (χ3n) is 4.66. The molecule has 140 valence electrons. The molecular formula is C21H19N5O2. The van der Waals surface area contributed by atoms with Gasteiger partial charge in [0.25, 0.3) is 5.56 Å². The largest absolute Gasteiger partial charge is 0.325 e. The summed E-state index contributed by atoms with van der Waals surface area (Å²) in [6.45, 7) is 3.87. The van der Waals surface area contributed by atoms with E-state index >= 15 is 0 Å². The second-order valence-electron chi connectivity index (χ2n) is 6.65. The molecule has 0 saturated carbocycles. The Morgan fingerprint density at radius 1 is 1.07 bits per heavy atom. The molecule has 4 aromatic rings. The zero-order chi connectivity index (χ0) is 19.7. The van der Waals surface area contributed by atoms with Gasteiger partial charge in [-0.15, -0.1) is 0 Å². The van der Waals surface area contributed by atoms with Crippen molar-refractivity contribution in [3.8, 4) is 5.69 Å². The Kier molecular flexibility index (Phi) is 4.49. The van der Waals surface area contributed by atoms with Gasteiger partial charge < -0.3 is 5.32 Å². The van der Waals surface area contributed by atoms with Crippen molar-refractivity contribution < 1.29 is 4.79 Å². The van der Waals surface area contributed by atoms with Crippen molar-refractivity contribution in [1.29, 1.82) is 0 Å². The minimum absolute atomic E-state index is 0.120. The van der Waals surface area contributed by atoms with Crippen LogP contribution in [0.3, 0.4) is 0 Å². The molecule has 28 heavy (non-hydrogen) atoms. The van der Waals surface area contributed by atoms with Crippen LogP contribution >= 0.6 is 0 Å². The Hall–Kier alpha value is -3.74. The number of rotatable bonds is 4. The molecule has 0 spiro atoms. The van der Waals surface area contributed by atoms with Crippen molar-refractivity contribution in [3.05, 3.63) is 82.5 Å². The molecule has 0 saturated heterocycles. The number of aromatic nitrogens is 4. The van der Waals surface area contributed by atoms with E-state index in [-0.39, 0.29) is 18.0 Å². The van der Waals surface area contributed by atoms with E-state index in [0.717, 1.165) is 16.8 Å². The molecule has 4 rings (SSSR count). The predicted molar refractivity (Wildman–Crippen MR) is 108 cm³/mol. The van der Waals surface area contributed by atoms with E-state index in [1.165, 1.54) is 17.1 Å². The Morgan fingerprint density at radius 3 is 2.61 bits per heavy atom. The molecule has 0 radical (unpaired) electrons. The highest BCUT2D eigenvalue weighted by Gasteiger charge is 2.13. The lowest BCUT2D eigenvalue weighted by molar-refractivity contribution is -0.116. The van der Waals surface area contributed by atoms with Gasteiger partial charge in [0, 0.05) is 5.69 Å². The average molecular weight is 373 g/mol. The van der Waals surface area contributed by atoms with Crippen LogP contribution in [0.4, 0.5) is 5.69 Å².